The van der Waals surface area contributed by atoms with Gasteiger partial charge in [-0.3, -0.25) is 4.98 Å². The van der Waals surface area contributed by atoms with E-state index in [9.17, 15) is 0 Å². The molecule has 1 aromatic heterocycles. The Kier molecular flexibility index (Phi) is 7.26. The van der Waals surface area contributed by atoms with Crippen molar-refractivity contribution in [3.05, 3.63) is 113 Å². The predicted molar refractivity (Wildman–Crippen MR) is 130 cm³/mol. The van der Waals surface area contributed by atoms with Crippen LogP contribution in [-0.4, -0.2) is 18.7 Å². The lowest BCUT2D eigenvalue weighted by Crippen LogP contribution is -2.16. The molecule has 0 aliphatic heterocycles. The lowest BCUT2D eigenvalue weighted by Gasteiger charge is -2.26. The van der Waals surface area contributed by atoms with Crippen LogP contribution in [-0.2, 0) is 13.0 Å². The molecule has 0 bridgehead atoms. The van der Waals surface area contributed by atoms with Crippen molar-refractivity contribution < 1.29 is 9.47 Å². The molecule has 1 heterocycles. The van der Waals surface area contributed by atoms with Gasteiger partial charge >= 0.3 is 0 Å². The zero-order chi connectivity index (χ0) is 22.2. The Labute approximate surface area is 194 Å². The normalized spacial score (nSPS) is 10.6. The molecule has 4 rings (SSSR count). The van der Waals surface area contributed by atoms with E-state index in [1.165, 1.54) is 5.56 Å². The highest BCUT2D eigenvalue weighted by atomic mass is 35.5. The van der Waals surface area contributed by atoms with Crippen LogP contribution >= 0.6 is 11.6 Å². The molecule has 0 spiro atoms. The number of pyridine rings is 1. The average molecular weight is 445 g/mol. The van der Waals surface area contributed by atoms with Crippen molar-refractivity contribution in [3.63, 3.8) is 0 Å². The number of para-hydroxylation sites is 1. The Bertz CT molecular complexity index is 1120. The molecule has 3 aromatic carbocycles. The Morgan fingerprint density at radius 1 is 0.812 bits per heavy atom. The van der Waals surface area contributed by atoms with Crippen molar-refractivity contribution in [2.75, 3.05) is 18.6 Å². The fourth-order valence-corrected chi connectivity index (χ4v) is 3.62. The smallest absolute Gasteiger partial charge is 0.163 e. The van der Waals surface area contributed by atoms with Crippen molar-refractivity contribution in [2.24, 2.45) is 0 Å². The third kappa shape index (κ3) is 5.59. The fourth-order valence-electron chi connectivity index (χ4n) is 3.49. The molecule has 0 saturated carbocycles. The molecule has 0 aliphatic rings. The van der Waals surface area contributed by atoms with E-state index in [4.69, 9.17) is 21.1 Å². The van der Waals surface area contributed by atoms with Gasteiger partial charge in [-0.15, -0.1) is 0 Å². The second kappa shape index (κ2) is 10.7. The van der Waals surface area contributed by atoms with Gasteiger partial charge in [0, 0.05) is 47.8 Å². The van der Waals surface area contributed by atoms with Crippen LogP contribution in [0.3, 0.4) is 0 Å². The van der Waals surface area contributed by atoms with Crippen LogP contribution in [0.25, 0.3) is 0 Å². The third-order valence-electron chi connectivity index (χ3n) is 5.15. The monoisotopic (exact) mass is 444 g/mol. The second-order valence-electron chi connectivity index (χ2n) is 7.34. The Morgan fingerprint density at radius 2 is 1.62 bits per heavy atom. The van der Waals surface area contributed by atoms with Gasteiger partial charge in [0.1, 0.15) is 0 Å². The largest absolute Gasteiger partial charge is 0.493 e. The molecular weight excluding hydrogens is 420 g/mol. The van der Waals surface area contributed by atoms with Gasteiger partial charge in [0.2, 0.25) is 0 Å². The minimum Gasteiger partial charge on any atom is -0.493 e. The van der Waals surface area contributed by atoms with Gasteiger partial charge < -0.3 is 14.4 Å². The molecule has 5 heteroatoms. The summed E-state index contributed by atoms with van der Waals surface area (Å²) < 4.78 is 11.7. The summed E-state index contributed by atoms with van der Waals surface area (Å²) in [5.41, 5.74) is 4.40. The summed E-state index contributed by atoms with van der Waals surface area (Å²) in [5.74, 6) is 1.42. The van der Waals surface area contributed by atoms with Crippen LogP contribution in [0.15, 0.2) is 97.3 Å². The first-order valence-corrected chi connectivity index (χ1v) is 10.9. The van der Waals surface area contributed by atoms with Crippen molar-refractivity contribution >= 4 is 23.0 Å². The molecule has 0 saturated heterocycles. The fraction of sp³-hybridized carbons (Fsp3) is 0.148. The molecule has 4 nitrogen and oxygen atoms in total. The number of aromatic nitrogens is 1. The van der Waals surface area contributed by atoms with Crippen LogP contribution < -0.4 is 14.4 Å². The second-order valence-corrected chi connectivity index (χ2v) is 7.78. The van der Waals surface area contributed by atoms with Gasteiger partial charge in [-0.1, -0.05) is 48.0 Å². The number of nitrogens with zero attached hydrogens (tertiary/aromatic N) is 2. The molecule has 0 unspecified atom stereocenters. The SMILES string of the molecule is COc1ccc(N(Cc2cccnc2)c2ccccc2)cc1OCCc1ccc(Cl)cc1. The zero-order valence-corrected chi connectivity index (χ0v) is 18.7. The maximum atomic E-state index is 6.14. The van der Waals surface area contributed by atoms with E-state index in [-0.39, 0.29) is 0 Å². The molecule has 0 fully saturated rings. The number of methoxy groups -OCH3 is 1. The van der Waals surface area contributed by atoms with E-state index < -0.39 is 0 Å². The number of anilines is 2. The van der Waals surface area contributed by atoms with Crippen molar-refractivity contribution in [1.29, 1.82) is 0 Å². The van der Waals surface area contributed by atoms with Crippen LogP contribution in [0.5, 0.6) is 11.5 Å². The Morgan fingerprint density at radius 3 is 2.34 bits per heavy atom. The Hall–Kier alpha value is -3.50. The molecule has 32 heavy (non-hydrogen) atoms. The molecule has 4 aromatic rings. The number of ether oxygens (including phenoxy) is 2. The summed E-state index contributed by atoms with van der Waals surface area (Å²) in [6.07, 6.45) is 4.46. The molecular formula is C27H25ClN2O2. The number of halogens is 1. The maximum absolute atomic E-state index is 6.14. The van der Waals surface area contributed by atoms with Crippen LogP contribution in [0, 0.1) is 0 Å². The van der Waals surface area contributed by atoms with E-state index in [0.29, 0.717) is 24.7 Å². The number of rotatable bonds is 9. The highest BCUT2D eigenvalue weighted by Crippen LogP contribution is 2.35. The van der Waals surface area contributed by atoms with Crippen molar-refractivity contribution in [1.82, 2.24) is 4.98 Å². The highest BCUT2D eigenvalue weighted by Gasteiger charge is 2.14. The number of hydrogen-bond acceptors (Lipinski definition) is 4. The lowest BCUT2D eigenvalue weighted by atomic mass is 10.1. The van der Waals surface area contributed by atoms with Gasteiger partial charge in [0.15, 0.2) is 11.5 Å². The van der Waals surface area contributed by atoms with E-state index in [1.807, 2.05) is 72.9 Å². The standard InChI is InChI=1S/C27H25ClN2O2/c1-31-26-14-13-25(18-27(26)32-17-15-21-9-11-23(28)12-10-21)30(24-7-3-2-4-8-24)20-22-6-5-16-29-19-22/h2-14,16,18-19H,15,17,20H2,1H3. The minimum absolute atomic E-state index is 0.537. The van der Waals surface area contributed by atoms with Crippen LogP contribution in [0.2, 0.25) is 5.02 Å². The average Bonchev–Trinajstić information content (AvgIpc) is 2.85. The molecule has 0 amide bonds. The molecule has 0 aliphatic carbocycles. The van der Waals surface area contributed by atoms with E-state index in [0.717, 1.165) is 28.4 Å². The molecule has 0 atom stereocenters. The summed E-state index contributed by atoms with van der Waals surface area (Å²) in [6.45, 7) is 1.23. The maximum Gasteiger partial charge on any atom is 0.163 e. The summed E-state index contributed by atoms with van der Waals surface area (Å²) in [5, 5.41) is 0.735. The summed E-state index contributed by atoms with van der Waals surface area (Å²) in [6, 6.07) is 28.2. The van der Waals surface area contributed by atoms with E-state index >= 15 is 0 Å². The zero-order valence-electron chi connectivity index (χ0n) is 17.9. The summed E-state index contributed by atoms with van der Waals surface area (Å²) in [4.78, 5) is 6.50. The third-order valence-corrected chi connectivity index (χ3v) is 5.40. The first-order chi connectivity index (χ1) is 15.7. The molecule has 0 N–H and O–H groups in total. The minimum atomic E-state index is 0.537. The van der Waals surface area contributed by atoms with Gasteiger partial charge in [-0.05, 0) is 53.6 Å². The topological polar surface area (TPSA) is 34.6 Å². The number of hydrogen-bond donors (Lipinski definition) is 0. The lowest BCUT2D eigenvalue weighted by molar-refractivity contribution is 0.298. The van der Waals surface area contributed by atoms with Gasteiger partial charge in [-0.25, -0.2) is 0 Å². The van der Waals surface area contributed by atoms with Crippen molar-refractivity contribution in [3.8, 4) is 11.5 Å². The van der Waals surface area contributed by atoms with Crippen LogP contribution in [0.4, 0.5) is 11.4 Å². The van der Waals surface area contributed by atoms with Gasteiger partial charge in [0.05, 0.1) is 13.7 Å². The summed E-state index contributed by atoms with van der Waals surface area (Å²) >= 11 is 5.98. The Balaban J connectivity index is 1.57. The number of benzene rings is 3. The van der Waals surface area contributed by atoms with Gasteiger partial charge in [0.25, 0.3) is 0 Å². The van der Waals surface area contributed by atoms with E-state index in [1.54, 1.807) is 13.3 Å². The van der Waals surface area contributed by atoms with E-state index in [2.05, 4.69) is 28.1 Å². The first kappa shape index (κ1) is 21.7. The highest BCUT2D eigenvalue weighted by molar-refractivity contribution is 6.30. The van der Waals surface area contributed by atoms with Gasteiger partial charge in [-0.2, -0.15) is 0 Å². The van der Waals surface area contributed by atoms with Crippen molar-refractivity contribution in [2.45, 2.75) is 13.0 Å². The summed E-state index contributed by atoms with van der Waals surface area (Å²) in [7, 11) is 1.66. The molecule has 162 valence electrons. The molecule has 0 radical (unpaired) electrons. The van der Waals surface area contributed by atoms with Crippen LogP contribution in [0.1, 0.15) is 11.1 Å². The quantitative estimate of drug-likeness (QED) is 0.287. The first-order valence-electron chi connectivity index (χ1n) is 10.5. The predicted octanol–water partition coefficient (Wildman–Crippen LogP) is 6.70.